The Morgan fingerprint density at radius 3 is 2.90 bits per heavy atom. The van der Waals surface area contributed by atoms with Crippen LogP contribution < -0.4 is 11.1 Å². The summed E-state index contributed by atoms with van der Waals surface area (Å²) in [6.45, 7) is 2.86. The van der Waals surface area contributed by atoms with E-state index in [0.29, 0.717) is 0 Å². The second kappa shape index (κ2) is 5.44. The Hall–Kier alpha value is -2.56. The van der Waals surface area contributed by atoms with Gasteiger partial charge in [-0.2, -0.15) is 5.10 Å². The van der Waals surface area contributed by atoms with E-state index in [9.17, 15) is 0 Å². The minimum atomic E-state index is 0.741. The van der Waals surface area contributed by atoms with Gasteiger partial charge in [-0.15, -0.1) is 0 Å². The van der Waals surface area contributed by atoms with E-state index < -0.39 is 0 Å². The Morgan fingerprint density at radius 2 is 2.10 bits per heavy atom. The van der Waals surface area contributed by atoms with Crippen molar-refractivity contribution in [2.75, 3.05) is 11.1 Å². The summed E-state index contributed by atoms with van der Waals surface area (Å²) < 4.78 is 1.86. The minimum Gasteiger partial charge on any atom is -0.398 e. The molecule has 0 spiro atoms. The molecule has 5 nitrogen and oxygen atoms in total. The first-order valence-electron chi connectivity index (χ1n) is 7.06. The Morgan fingerprint density at radius 1 is 1.24 bits per heavy atom. The van der Waals surface area contributed by atoms with Crippen molar-refractivity contribution in [3.63, 3.8) is 0 Å². The number of pyridine rings is 1. The summed E-state index contributed by atoms with van der Waals surface area (Å²) >= 11 is 0. The molecule has 0 radical (unpaired) electrons. The average Bonchev–Trinajstić information content (AvgIpc) is 2.87. The quantitative estimate of drug-likeness (QED) is 0.721. The summed E-state index contributed by atoms with van der Waals surface area (Å²) in [6.07, 6.45) is 6.60. The molecule has 0 unspecified atom stereocenters. The molecule has 0 saturated heterocycles. The number of aromatic nitrogens is 3. The van der Waals surface area contributed by atoms with E-state index in [1.807, 2.05) is 36.1 Å². The zero-order chi connectivity index (χ0) is 14.8. The van der Waals surface area contributed by atoms with Crippen molar-refractivity contribution in [3.8, 4) is 0 Å². The van der Waals surface area contributed by atoms with Gasteiger partial charge >= 0.3 is 0 Å². The van der Waals surface area contributed by atoms with E-state index in [2.05, 4.69) is 28.5 Å². The summed E-state index contributed by atoms with van der Waals surface area (Å²) in [5, 5.41) is 10.00. The van der Waals surface area contributed by atoms with Gasteiger partial charge < -0.3 is 11.1 Å². The van der Waals surface area contributed by atoms with E-state index in [-0.39, 0.29) is 0 Å². The van der Waals surface area contributed by atoms with Gasteiger partial charge in [0.05, 0.1) is 5.69 Å². The SMILES string of the molecule is CCc1nn(C)cc1CNc1ccc(N)c2ccncc12. The summed E-state index contributed by atoms with van der Waals surface area (Å²) in [6, 6.07) is 5.87. The maximum absolute atomic E-state index is 6.01. The van der Waals surface area contributed by atoms with Crippen LogP contribution >= 0.6 is 0 Å². The fourth-order valence-corrected chi connectivity index (χ4v) is 2.59. The van der Waals surface area contributed by atoms with Crippen molar-refractivity contribution in [2.45, 2.75) is 19.9 Å². The van der Waals surface area contributed by atoms with Gasteiger partial charge in [0.25, 0.3) is 0 Å². The van der Waals surface area contributed by atoms with Crippen LogP contribution in [0.2, 0.25) is 0 Å². The van der Waals surface area contributed by atoms with Crippen molar-refractivity contribution in [3.05, 3.63) is 48.0 Å². The lowest BCUT2D eigenvalue weighted by Gasteiger charge is -2.11. The molecule has 3 N–H and O–H groups in total. The number of aryl methyl sites for hydroxylation is 2. The van der Waals surface area contributed by atoms with E-state index in [0.717, 1.165) is 40.8 Å². The fraction of sp³-hybridized carbons (Fsp3) is 0.250. The monoisotopic (exact) mass is 281 g/mol. The van der Waals surface area contributed by atoms with Gasteiger partial charge in [0.15, 0.2) is 0 Å². The van der Waals surface area contributed by atoms with Crippen LogP contribution in [-0.2, 0) is 20.0 Å². The van der Waals surface area contributed by atoms with Crippen molar-refractivity contribution in [1.82, 2.24) is 14.8 Å². The maximum atomic E-state index is 6.01. The largest absolute Gasteiger partial charge is 0.398 e. The van der Waals surface area contributed by atoms with Crippen LogP contribution in [0.3, 0.4) is 0 Å². The summed E-state index contributed by atoms with van der Waals surface area (Å²) in [4.78, 5) is 4.20. The van der Waals surface area contributed by atoms with E-state index in [1.54, 1.807) is 6.20 Å². The molecule has 0 aliphatic heterocycles. The van der Waals surface area contributed by atoms with Gasteiger partial charge in [-0.05, 0) is 24.6 Å². The number of benzene rings is 1. The average molecular weight is 281 g/mol. The van der Waals surface area contributed by atoms with E-state index in [4.69, 9.17) is 5.73 Å². The van der Waals surface area contributed by atoms with Crippen LogP contribution in [0.25, 0.3) is 10.8 Å². The predicted molar refractivity (Wildman–Crippen MR) is 86.1 cm³/mol. The molecule has 0 atom stereocenters. The molecule has 21 heavy (non-hydrogen) atoms. The third-order valence-corrected chi connectivity index (χ3v) is 3.65. The Balaban J connectivity index is 1.90. The number of fused-ring (bicyclic) bond motifs is 1. The number of anilines is 2. The molecule has 0 bridgehead atoms. The van der Waals surface area contributed by atoms with Crippen molar-refractivity contribution in [1.29, 1.82) is 0 Å². The molecule has 3 rings (SSSR count). The van der Waals surface area contributed by atoms with E-state index in [1.165, 1.54) is 5.56 Å². The van der Waals surface area contributed by atoms with Crippen LogP contribution in [0.15, 0.2) is 36.8 Å². The molecule has 0 aliphatic carbocycles. The summed E-state index contributed by atoms with van der Waals surface area (Å²) in [7, 11) is 1.95. The standard InChI is InChI=1S/C16H19N5/c1-3-15-11(10-21(2)20-15)8-19-16-5-4-14(17)12-6-7-18-9-13(12)16/h4-7,9-10,19H,3,8,17H2,1-2H3. The zero-order valence-electron chi connectivity index (χ0n) is 12.3. The highest BCUT2D eigenvalue weighted by Crippen LogP contribution is 2.27. The van der Waals surface area contributed by atoms with Crippen molar-refractivity contribution >= 4 is 22.1 Å². The Labute approximate surface area is 123 Å². The van der Waals surface area contributed by atoms with E-state index >= 15 is 0 Å². The number of nitrogens with zero attached hydrogens (tertiary/aromatic N) is 3. The predicted octanol–water partition coefficient (Wildman–Crippen LogP) is 2.73. The first-order chi connectivity index (χ1) is 10.2. The Kier molecular flexibility index (Phi) is 3.48. The molecule has 0 amide bonds. The van der Waals surface area contributed by atoms with Crippen molar-refractivity contribution < 1.29 is 0 Å². The molecule has 0 fully saturated rings. The highest BCUT2D eigenvalue weighted by Gasteiger charge is 2.08. The van der Waals surface area contributed by atoms with Crippen LogP contribution in [-0.4, -0.2) is 14.8 Å². The second-order valence-electron chi connectivity index (χ2n) is 5.11. The molecule has 0 saturated carbocycles. The topological polar surface area (TPSA) is 68.8 Å². The zero-order valence-corrected chi connectivity index (χ0v) is 12.3. The molecule has 5 heteroatoms. The number of nitrogens with one attached hydrogen (secondary N) is 1. The first kappa shape index (κ1) is 13.4. The van der Waals surface area contributed by atoms with Gasteiger partial charge in [0, 0.05) is 59.9 Å². The van der Waals surface area contributed by atoms with Crippen LogP contribution in [0.1, 0.15) is 18.2 Å². The number of hydrogen-bond acceptors (Lipinski definition) is 4. The number of rotatable bonds is 4. The van der Waals surface area contributed by atoms with Gasteiger partial charge in [-0.1, -0.05) is 6.92 Å². The third-order valence-electron chi connectivity index (χ3n) is 3.65. The third kappa shape index (κ3) is 2.54. The molecular weight excluding hydrogens is 262 g/mol. The smallest absolute Gasteiger partial charge is 0.0671 e. The van der Waals surface area contributed by atoms with Crippen LogP contribution in [0.5, 0.6) is 0 Å². The van der Waals surface area contributed by atoms with Gasteiger partial charge in [-0.25, -0.2) is 0 Å². The molecule has 0 aliphatic rings. The highest BCUT2D eigenvalue weighted by molar-refractivity contribution is 6.00. The first-order valence-corrected chi connectivity index (χ1v) is 7.06. The number of nitrogens with two attached hydrogens (primary N) is 1. The number of nitrogen functional groups attached to an aromatic ring is 1. The Bertz CT molecular complexity index is 775. The van der Waals surface area contributed by atoms with Crippen molar-refractivity contribution in [2.24, 2.45) is 7.05 Å². The highest BCUT2D eigenvalue weighted by atomic mass is 15.3. The molecule has 108 valence electrons. The second-order valence-corrected chi connectivity index (χ2v) is 5.11. The van der Waals surface area contributed by atoms with Crippen LogP contribution in [0, 0.1) is 0 Å². The molecule has 2 aromatic heterocycles. The lowest BCUT2D eigenvalue weighted by molar-refractivity contribution is 0.746. The minimum absolute atomic E-state index is 0.741. The lowest BCUT2D eigenvalue weighted by Crippen LogP contribution is -2.02. The fourth-order valence-electron chi connectivity index (χ4n) is 2.59. The normalized spacial score (nSPS) is 11.0. The van der Waals surface area contributed by atoms with Gasteiger partial charge in [-0.3, -0.25) is 9.67 Å². The number of hydrogen-bond donors (Lipinski definition) is 2. The van der Waals surface area contributed by atoms with Crippen LogP contribution in [0.4, 0.5) is 11.4 Å². The molecular formula is C16H19N5. The van der Waals surface area contributed by atoms with Gasteiger partial charge in [0.1, 0.15) is 0 Å². The summed E-state index contributed by atoms with van der Waals surface area (Å²) in [5.41, 5.74) is 10.2. The summed E-state index contributed by atoms with van der Waals surface area (Å²) in [5.74, 6) is 0. The molecule has 1 aromatic carbocycles. The lowest BCUT2D eigenvalue weighted by atomic mass is 10.1. The maximum Gasteiger partial charge on any atom is 0.0671 e. The molecule has 2 heterocycles. The van der Waals surface area contributed by atoms with Gasteiger partial charge in [0.2, 0.25) is 0 Å². The molecule has 3 aromatic rings.